The van der Waals surface area contributed by atoms with E-state index in [4.69, 9.17) is 9.47 Å². The molecule has 1 aliphatic heterocycles. The van der Waals surface area contributed by atoms with Crippen LogP contribution in [-0.4, -0.2) is 24.9 Å². The summed E-state index contributed by atoms with van der Waals surface area (Å²) in [6.07, 6.45) is 2.50. The fraction of sp³-hybridized carbons (Fsp3) is 1.00. The smallest absolute Gasteiger partial charge is 0.0707 e. The van der Waals surface area contributed by atoms with Crippen LogP contribution < -0.4 is 0 Å². The molecule has 0 aromatic rings. The monoisotopic (exact) mass is 158 g/mol. The number of hydrogen-bond acceptors (Lipinski definition) is 2. The Bertz CT molecular complexity index is 121. The van der Waals surface area contributed by atoms with E-state index in [1.807, 2.05) is 0 Å². The van der Waals surface area contributed by atoms with E-state index in [0.29, 0.717) is 6.10 Å². The van der Waals surface area contributed by atoms with Crippen LogP contribution >= 0.6 is 0 Å². The number of hydrogen-bond donors (Lipinski definition) is 0. The second-order valence-electron chi connectivity index (χ2n) is 3.71. The van der Waals surface area contributed by atoms with Crippen molar-refractivity contribution in [3.8, 4) is 0 Å². The molecule has 1 rings (SSSR count). The zero-order valence-electron chi connectivity index (χ0n) is 7.72. The van der Waals surface area contributed by atoms with Gasteiger partial charge in [0.1, 0.15) is 0 Å². The van der Waals surface area contributed by atoms with Crippen LogP contribution in [0.4, 0.5) is 0 Å². The molecule has 0 N–H and O–H groups in total. The van der Waals surface area contributed by atoms with Gasteiger partial charge < -0.3 is 9.47 Å². The minimum absolute atomic E-state index is 0.0111. The molecule has 2 heteroatoms. The normalized spacial score (nSPS) is 31.4. The minimum Gasteiger partial charge on any atom is -0.376 e. The molecule has 1 saturated heterocycles. The van der Waals surface area contributed by atoms with Gasteiger partial charge in [0.25, 0.3) is 0 Å². The van der Waals surface area contributed by atoms with Crippen molar-refractivity contribution in [2.75, 3.05) is 13.2 Å². The fourth-order valence-corrected chi connectivity index (χ4v) is 1.46. The Balaban J connectivity index is 2.47. The molecule has 1 unspecified atom stereocenters. The van der Waals surface area contributed by atoms with Gasteiger partial charge in [-0.2, -0.15) is 0 Å². The Labute approximate surface area is 68.9 Å². The van der Waals surface area contributed by atoms with Crippen molar-refractivity contribution in [3.63, 3.8) is 0 Å². The predicted molar refractivity (Wildman–Crippen MR) is 44.7 cm³/mol. The maximum absolute atomic E-state index is 5.60. The van der Waals surface area contributed by atoms with Crippen molar-refractivity contribution < 1.29 is 9.47 Å². The Morgan fingerprint density at radius 3 is 2.73 bits per heavy atom. The molecule has 0 spiro atoms. The summed E-state index contributed by atoms with van der Waals surface area (Å²) >= 11 is 0. The number of rotatable bonds is 1. The van der Waals surface area contributed by atoms with Crippen molar-refractivity contribution in [1.29, 1.82) is 0 Å². The molecule has 0 aromatic carbocycles. The summed E-state index contributed by atoms with van der Waals surface area (Å²) in [6.45, 7) is 7.91. The highest BCUT2D eigenvalue weighted by atomic mass is 16.6. The summed E-state index contributed by atoms with van der Waals surface area (Å²) in [4.78, 5) is 0. The van der Waals surface area contributed by atoms with Gasteiger partial charge in [0.15, 0.2) is 0 Å². The van der Waals surface area contributed by atoms with Crippen LogP contribution in [0.25, 0.3) is 0 Å². The van der Waals surface area contributed by atoms with Crippen LogP contribution in [0.15, 0.2) is 0 Å². The van der Waals surface area contributed by atoms with Gasteiger partial charge in [0, 0.05) is 6.42 Å². The minimum atomic E-state index is 0.0111. The lowest BCUT2D eigenvalue weighted by Crippen LogP contribution is -2.27. The van der Waals surface area contributed by atoms with E-state index < -0.39 is 0 Å². The van der Waals surface area contributed by atoms with Gasteiger partial charge in [-0.25, -0.2) is 0 Å². The molecule has 2 nitrogen and oxygen atoms in total. The van der Waals surface area contributed by atoms with Gasteiger partial charge in [-0.3, -0.25) is 0 Å². The van der Waals surface area contributed by atoms with Crippen LogP contribution in [0.2, 0.25) is 0 Å². The highest BCUT2D eigenvalue weighted by Crippen LogP contribution is 2.22. The second-order valence-corrected chi connectivity index (χ2v) is 3.71. The van der Waals surface area contributed by atoms with Crippen LogP contribution in [0, 0.1) is 0 Å². The molecule has 0 aromatic heterocycles. The van der Waals surface area contributed by atoms with Gasteiger partial charge in [0.05, 0.1) is 24.9 Å². The molecule has 1 heterocycles. The quantitative estimate of drug-likeness (QED) is 0.581. The van der Waals surface area contributed by atoms with E-state index in [0.717, 1.165) is 26.1 Å². The third kappa shape index (κ3) is 2.80. The topological polar surface area (TPSA) is 18.5 Å². The van der Waals surface area contributed by atoms with E-state index in [1.165, 1.54) is 0 Å². The maximum Gasteiger partial charge on any atom is 0.0707 e. The van der Waals surface area contributed by atoms with Gasteiger partial charge in [-0.1, -0.05) is 6.92 Å². The lowest BCUT2D eigenvalue weighted by Gasteiger charge is -2.24. The maximum atomic E-state index is 5.60. The Kier molecular flexibility index (Phi) is 2.90. The van der Waals surface area contributed by atoms with Crippen molar-refractivity contribution in [1.82, 2.24) is 0 Å². The Morgan fingerprint density at radius 1 is 1.36 bits per heavy atom. The van der Waals surface area contributed by atoms with Gasteiger partial charge in [0.2, 0.25) is 0 Å². The first-order chi connectivity index (χ1) is 5.14. The van der Waals surface area contributed by atoms with Crippen LogP contribution in [0.3, 0.4) is 0 Å². The lowest BCUT2D eigenvalue weighted by atomic mass is 9.99. The van der Waals surface area contributed by atoms with Crippen molar-refractivity contribution in [2.45, 2.75) is 45.3 Å². The van der Waals surface area contributed by atoms with E-state index in [9.17, 15) is 0 Å². The van der Waals surface area contributed by atoms with Gasteiger partial charge >= 0.3 is 0 Å². The predicted octanol–water partition coefficient (Wildman–Crippen LogP) is 1.98. The molecule has 0 bridgehead atoms. The SMILES string of the molecule is CCC1CC(C)(C)OCCO1. The molecule has 0 saturated carbocycles. The van der Waals surface area contributed by atoms with Crippen LogP contribution in [0.1, 0.15) is 33.6 Å². The molecule has 1 atom stereocenters. The van der Waals surface area contributed by atoms with E-state index in [1.54, 1.807) is 0 Å². The van der Waals surface area contributed by atoms with Gasteiger partial charge in [-0.05, 0) is 20.3 Å². The first-order valence-corrected chi connectivity index (χ1v) is 4.39. The highest BCUT2D eigenvalue weighted by molar-refractivity contribution is 4.75. The van der Waals surface area contributed by atoms with E-state index in [-0.39, 0.29) is 5.60 Å². The molecule has 1 fully saturated rings. The third-order valence-electron chi connectivity index (χ3n) is 2.10. The first kappa shape index (κ1) is 9.01. The highest BCUT2D eigenvalue weighted by Gasteiger charge is 2.26. The number of ether oxygens (including phenoxy) is 2. The molecule has 11 heavy (non-hydrogen) atoms. The zero-order chi connectivity index (χ0) is 8.32. The third-order valence-corrected chi connectivity index (χ3v) is 2.10. The van der Waals surface area contributed by atoms with Crippen molar-refractivity contribution >= 4 is 0 Å². The molecular weight excluding hydrogens is 140 g/mol. The molecule has 0 aliphatic carbocycles. The summed E-state index contributed by atoms with van der Waals surface area (Å²) in [5.41, 5.74) is 0.0111. The Morgan fingerprint density at radius 2 is 2.09 bits per heavy atom. The molecule has 0 radical (unpaired) electrons. The van der Waals surface area contributed by atoms with E-state index >= 15 is 0 Å². The fourth-order valence-electron chi connectivity index (χ4n) is 1.46. The van der Waals surface area contributed by atoms with Crippen LogP contribution in [-0.2, 0) is 9.47 Å². The second kappa shape index (κ2) is 3.55. The zero-order valence-corrected chi connectivity index (χ0v) is 7.72. The average molecular weight is 158 g/mol. The van der Waals surface area contributed by atoms with Crippen molar-refractivity contribution in [3.05, 3.63) is 0 Å². The molecule has 1 aliphatic rings. The van der Waals surface area contributed by atoms with Crippen molar-refractivity contribution in [2.24, 2.45) is 0 Å². The largest absolute Gasteiger partial charge is 0.376 e. The van der Waals surface area contributed by atoms with E-state index in [2.05, 4.69) is 20.8 Å². The van der Waals surface area contributed by atoms with Crippen LogP contribution in [0.5, 0.6) is 0 Å². The molecular formula is C9H18O2. The average Bonchev–Trinajstić information content (AvgIpc) is 2.10. The lowest BCUT2D eigenvalue weighted by molar-refractivity contribution is -0.0117. The summed E-state index contributed by atoms with van der Waals surface area (Å²) in [5.74, 6) is 0. The molecule has 0 amide bonds. The summed E-state index contributed by atoms with van der Waals surface area (Å²) in [6, 6.07) is 0. The summed E-state index contributed by atoms with van der Waals surface area (Å²) < 4.78 is 11.2. The first-order valence-electron chi connectivity index (χ1n) is 4.39. The van der Waals surface area contributed by atoms with Gasteiger partial charge in [-0.15, -0.1) is 0 Å². The molecule has 66 valence electrons. The standard InChI is InChI=1S/C9H18O2/c1-4-8-7-9(2,3)11-6-5-10-8/h8H,4-7H2,1-3H3. The Hall–Kier alpha value is -0.0800. The summed E-state index contributed by atoms with van der Waals surface area (Å²) in [5, 5.41) is 0. The summed E-state index contributed by atoms with van der Waals surface area (Å²) in [7, 11) is 0.